The molecule has 3 N–H and O–H groups in total. The van der Waals surface area contributed by atoms with Crippen molar-refractivity contribution in [2.45, 2.75) is 56.5 Å². The lowest BCUT2D eigenvalue weighted by Crippen LogP contribution is -2.52. The van der Waals surface area contributed by atoms with Crippen LogP contribution in [0.3, 0.4) is 0 Å². The molecule has 2 aromatic rings. The fourth-order valence-electron chi connectivity index (χ4n) is 5.48. The molecule has 0 spiro atoms. The third kappa shape index (κ3) is 4.52. The number of benzene rings is 2. The number of aliphatic carboxylic acids is 1. The summed E-state index contributed by atoms with van der Waals surface area (Å²) < 4.78 is 5.66. The summed E-state index contributed by atoms with van der Waals surface area (Å²) in [7, 11) is 0. The molecule has 2 fully saturated rings. The summed E-state index contributed by atoms with van der Waals surface area (Å²) in [5.74, 6) is -1.75. The molecule has 5 rings (SSSR count). The van der Waals surface area contributed by atoms with Gasteiger partial charge in [0.25, 0.3) is 0 Å². The van der Waals surface area contributed by atoms with Crippen LogP contribution in [0, 0.1) is 11.8 Å². The molecule has 0 radical (unpaired) electrons. The summed E-state index contributed by atoms with van der Waals surface area (Å²) in [6, 6.07) is 15.1. The maximum absolute atomic E-state index is 12.9. The maximum atomic E-state index is 12.9. The van der Waals surface area contributed by atoms with Gasteiger partial charge in [0.15, 0.2) is 0 Å². The molecule has 3 atom stereocenters. The van der Waals surface area contributed by atoms with E-state index in [-0.39, 0.29) is 30.4 Å². The molecular weight excluding hydrogens is 432 g/mol. The Morgan fingerprint density at radius 2 is 1.53 bits per heavy atom. The SMILES string of the molecule is O=C(NC1CCCCC1C(=O)NC(C(=O)O)C1CC1)OCC1c2ccccc2-c2ccccc21. The van der Waals surface area contributed by atoms with E-state index in [2.05, 4.69) is 34.9 Å². The first kappa shape index (κ1) is 22.4. The molecule has 3 unspecified atom stereocenters. The zero-order chi connectivity index (χ0) is 23.7. The van der Waals surface area contributed by atoms with Gasteiger partial charge in [-0.25, -0.2) is 9.59 Å². The Labute approximate surface area is 198 Å². The minimum absolute atomic E-state index is 0.0126. The molecule has 3 aliphatic carbocycles. The number of carbonyl (C=O) groups excluding carboxylic acids is 2. The molecule has 2 saturated carbocycles. The molecule has 3 aliphatic rings. The maximum Gasteiger partial charge on any atom is 0.407 e. The van der Waals surface area contributed by atoms with Crippen molar-refractivity contribution in [3.63, 3.8) is 0 Å². The number of nitrogens with one attached hydrogen (secondary N) is 2. The predicted octanol–water partition coefficient (Wildman–Crippen LogP) is 4.06. The Morgan fingerprint density at radius 3 is 2.15 bits per heavy atom. The van der Waals surface area contributed by atoms with Crippen LogP contribution in [-0.4, -0.2) is 41.8 Å². The Kier molecular flexibility index (Phi) is 6.26. The number of ether oxygens (including phenoxy) is 1. The normalized spacial score (nSPS) is 22.2. The lowest BCUT2D eigenvalue weighted by atomic mass is 9.83. The number of amides is 2. The van der Waals surface area contributed by atoms with Crippen molar-refractivity contribution in [2.75, 3.05) is 6.61 Å². The minimum Gasteiger partial charge on any atom is -0.480 e. The van der Waals surface area contributed by atoms with Gasteiger partial charge in [0.1, 0.15) is 12.6 Å². The number of carboxylic acid groups (broad SMARTS) is 1. The highest BCUT2D eigenvalue weighted by Crippen LogP contribution is 2.44. The average Bonchev–Trinajstić information content (AvgIpc) is 3.63. The monoisotopic (exact) mass is 462 g/mol. The first-order valence-electron chi connectivity index (χ1n) is 12.2. The van der Waals surface area contributed by atoms with Crippen molar-refractivity contribution in [1.29, 1.82) is 0 Å². The van der Waals surface area contributed by atoms with Crippen molar-refractivity contribution in [3.8, 4) is 11.1 Å². The Hall–Kier alpha value is -3.35. The van der Waals surface area contributed by atoms with Crippen molar-refractivity contribution >= 4 is 18.0 Å². The van der Waals surface area contributed by atoms with Crippen molar-refractivity contribution in [3.05, 3.63) is 59.7 Å². The smallest absolute Gasteiger partial charge is 0.407 e. The molecule has 7 nitrogen and oxygen atoms in total. The van der Waals surface area contributed by atoms with Crippen molar-refractivity contribution in [1.82, 2.24) is 10.6 Å². The van der Waals surface area contributed by atoms with Crippen LogP contribution in [0.4, 0.5) is 4.79 Å². The van der Waals surface area contributed by atoms with E-state index in [4.69, 9.17) is 4.74 Å². The van der Waals surface area contributed by atoms with Gasteiger partial charge in [0, 0.05) is 12.0 Å². The summed E-state index contributed by atoms with van der Waals surface area (Å²) in [6.07, 6.45) is 4.18. The second kappa shape index (κ2) is 9.49. The molecule has 0 aromatic heterocycles. The Bertz CT molecular complexity index is 1050. The second-order valence-electron chi connectivity index (χ2n) is 9.63. The summed E-state index contributed by atoms with van der Waals surface area (Å²) in [4.78, 5) is 37.2. The third-order valence-electron chi connectivity index (χ3n) is 7.41. The zero-order valence-corrected chi connectivity index (χ0v) is 19.0. The van der Waals surface area contributed by atoms with E-state index in [9.17, 15) is 19.5 Å². The van der Waals surface area contributed by atoms with Gasteiger partial charge < -0.3 is 20.5 Å². The summed E-state index contributed by atoms with van der Waals surface area (Å²) in [5.41, 5.74) is 4.62. The van der Waals surface area contributed by atoms with Gasteiger partial charge in [-0.3, -0.25) is 4.79 Å². The largest absolute Gasteiger partial charge is 0.480 e. The second-order valence-corrected chi connectivity index (χ2v) is 9.63. The number of carboxylic acids is 1. The average molecular weight is 463 g/mol. The van der Waals surface area contributed by atoms with Crippen LogP contribution < -0.4 is 10.6 Å². The number of alkyl carbamates (subject to hydrolysis) is 1. The van der Waals surface area contributed by atoms with Crippen LogP contribution in [0.25, 0.3) is 11.1 Å². The zero-order valence-electron chi connectivity index (χ0n) is 19.0. The van der Waals surface area contributed by atoms with Crippen LogP contribution in [0.1, 0.15) is 55.6 Å². The minimum atomic E-state index is -0.993. The summed E-state index contributed by atoms with van der Waals surface area (Å²) >= 11 is 0. The van der Waals surface area contributed by atoms with E-state index >= 15 is 0 Å². The molecule has 0 aliphatic heterocycles. The lowest BCUT2D eigenvalue weighted by molar-refractivity contribution is -0.143. The van der Waals surface area contributed by atoms with Crippen LogP contribution in [-0.2, 0) is 14.3 Å². The van der Waals surface area contributed by atoms with E-state index in [0.29, 0.717) is 12.8 Å². The number of rotatable bonds is 7. The van der Waals surface area contributed by atoms with Gasteiger partial charge in [-0.05, 0) is 53.9 Å². The van der Waals surface area contributed by atoms with Gasteiger partial charge in [-0.1, -0.05) is 61.4 Å². The van der Waals surface area contributed by atoms with Crippen LogP contribution in [0.15, 0.2) is 48.5 Å². The number of carbonyl (C=O) groups is 3. The highest BCUT2D eigenvalue weighted by molar-refractivity contribution is 5.86. The summed E-state index contributed by atoms with van der Waals surface area (Å²) in [5, 5.41) is 15.1. The van der Waals surface area contributed by atoms with Gasteiger partial charge in [0.2, 0.25) is 5.91 Å². The molecule has 34 heavy (non-hydrogen) atoms. The number of fused-ring (bicyclic) bond motifs is 3. The predicted molar refractivity (Wildman–Crippen MR) is 126 cm³/mol. The van der Waals surface area contributed by atoms with Gasteiger partial charge >= 0.3 is 12.1 Å². The Morgan fingerprint density at radius 1 is 0.912 bits per heavy atom. The fourth-order valence-corrected chi connectivity index (χ4v) is 5.48. The lowest BCUT2D eigenvalue weighted by Gasteiger charge is -2.32. The third-order valence-corrected chi connectivity index (χ3v) is 7.41. The van der Waals surface area contributed by atoms with Gasteiger partial charge in [-0.2, -0.15) is 0 Å². The molecule has 2 aromatic carbocycles. The molecule has 178 valence electrons. The first-order chi connectivity index (χ1) is 16.5. The highest BCUT2D eigenvalue weighted by Gasteiger charge is 2.40. The van der Waals surface area contributed by atoms with Crippen LogP contribution in [0.5, 0.6) is 0 Å². The van der Waals surface area contributed by atoms with E-state index in [1.807, 2.05) is 24.3 Å². The molecule has 2 amide bonds. The fraction of sp³-hybridized carbons (Fsp3) is 0.444. The topological polar surface area (TPSA) is 105 Å². The number of hydrogen-bond acceptors (Lipinski definition) is 4. The molecule has 0 heterocycles. The quantitative estimate of drug-likeness (QED) is 0.576. The molecule has 0 bridgehead atoms. The van der Waals surface area contributed by atoms with E-state index < -0.39 is 24.0 Å². The highest BCUT2D eigenvalue weighted by atomic mass is 16.5. The van der Waals surface area contributed by atoms with Gasteiger partial charge in [0.05, 0.1) is 5.92 Å². The standard InChI is InChI=1S/C27H30N2O5/c30-25(29-24(26(31)32)16-13-14-16)21-11-5-6-12-23(21)28-27(33)34-15-22-19-9-3-1-7-17(19)18-8-2-4-10-20(18)22/h1-4,7-10,16,21-24H,5-6,11-15H2,(H,28,33)(H,29,30)(H,31,32). The van der Waals surface area contributed by atoms with Crippen LogP contribution >= 0.6 is 0 Å². The number of hydrogen-bond donors (Lipinski definition) is 3. The van der Waals surface area contributed by atoms with Crippen LogP contribution in [0.2, 0.25) is 0 Å². The van der Waals surface area contributed by atoms with Crippen molar-refractivity contribution < 1.29 is 24.2 Å². The van der Waals surface area contributed by atoms with E-state index in [1.54, 1.807) is 0 Å². The Balaban J connectivity index is 1.21. The molecule has 7 heteroatoms. The first-order valence-corrected chi connectivity index (χ1v) is 12.2. The molecule has 0 saturated heterocycles. The van der Waals surface area contributed by atoms with Gasteiger partial charge in [-0.15, -0.1) is 0 Å². The van der Waals surface area contributed by atoms with E-state index in [1.165, 1.54) is 11.1 Å². The molecular formula is C27H30N2O5. The summed E-state index contributed by atoms with van der Waals surface area (Å²) in [6.45, 7) is 0.214. The van der Waals surface area contributed by atoms with E-state index in [0.717, 1.165) is 36.8 Å². The van der Waals surface area contributed by atoms with Crippen molar-refractivity contribution in [2.24, 2.45) is 11.8 Å².